The minimum Gasteiger partial charge on any atom is -0.273 e. The Labute approximate surface area is 497 Å². The van der Waals surface area contributed by atoms with E-state index in [0.717, 1.165) is 109 Å². The fraction of sp³-hybridized carbons (Fsp3) is 0.443. The molecule has 15 heteroatoms. The minimum atomic E-state index is -1.22. The zero-order chi connectivity index (χ0) is 58.9. The summed E-state index contributed by atoms with van der Waals surface area (Å²) in [6.07, 6.45) is 13.8. The van der Waals surface area contributed by atoms with Gasteiger partial charge in [0.15, 0.2) is 0 Å². The third-order valence-corrected chi connectivity index (χ3v) is 19.7. The van der Waals surface area contributed by atoms with Gasteiger partial charge in [0.25, 0.3) is 0 Å². The number of carbonyl (C=O) groups is 9. The molecule has 7 fully saturated rings. The highest BCUT2D eigenvalue weighted by atomic mass is 16.2. The fourth-order valence-corrected chi connectivity index (χ4v) is 15.3. The Bertz CT molecular complexity index is 3380. The fourth-order valence-electron chi connectivity index (χ4n) is 15.3. The van der Waals surface area contributed by atoms with Crippen LogP contribution in [-0.4, -0.2) is 102 Å². The van der Waals surface area contributed by atoms with Gasteiger partial charge in [-0.05, 0) is 147 Å². The van der Waals surface area contributed by atoms with Crippen molar-refractivity contribution in [2.45, 2.75) is 184 Å². The smallest absolute Gasteiger partial charge is 0.273 e. The van der Waals surface area contributed by atoms with Gasteiger partial charge in [0.05, 0.1) is 12.2 Å². The normalized spacial score (nSPS) is 26.0. The van der Waals surface area contributed by atoms with Gasteiger partial charge >= 0.3 is 18.1 Å². The minimum absolute atomic E-state index is 0.0392. The molecule has 3 saturated heterocycles. The number of carbonyl (C=O) groups excluding carboxylic acids is 9. The Hall–Kier alpha value is -8.07. The van der Waals surface area contributed by atoms with Crippen molar-refractivity contribution >= 4 is 59.2 Å². The maximum atomic E-state index is 15.2. The van der Waals surface area contributed by atoms with Crippen LogP contribution in [0.25, 0.3) is 0 Å². The summed E-state index contributed by atoms with van der Waals surface area (Å²) in [5, 5.41) is 0. The van der Waals surface area contributed by atoms with Crippen LogP contribution < -0.4 is 4.90 Å². The number of rotatable bonds is 14. The van der Waals surface area contributed by atoms with E-state index in [1.54, 1.807) is 36.4 Å². The van der Waals surface area contributed by atoms with Crippen LogP contribution in [0.2, 0.25) is 0 Å². The van der Waals surface area contributed by atoms with E-state index in [9.17, 15) is 38.4 Å². The first-order chi connectivity index (χ1) is 41.3. The van der Waals surface area contributed by atoms with Crippen molar-refractivity contribution < 1.29 is 43.2 Å². The molecule has 0 bridgehead atoms. The van der Waals surface area contributed by atoms with Gasteiger partial charge in [0.2, 0.25) is 35.4 Å². The molecule has 7 atom stereocenters. The topological polar surface area (TPSA) is 173 Å². The Balaban J connectivity index is 0.784. The number of urea groups is 3. The summed E-state index contributed by atoms with van der Waals surface area (Å²) in [5.41, 5.74) is 6.25. The summed E-state index contributed by atoms with van der Waals surface area (Å²) in [6.45, 7) is 2.09. The molecule has 85 heavy (non-hydrogen) atoms. The van der Waals surface area contributed by atoms with Gasteiger partial charge in [-0.1, -0.05) is 173 Å². The molecule has 3 heterocycles. The maximum Gasteiger partial charge on any atom is 0.338 e. The standard InChI is InChI=1S/C70H76N6O9/c1-45-36-37-48(41-59-62(77)71(44-46-20-7-2-8-21-46)68(83)72(63(59)78)53-28-11-4-12-29-53)39-58(45)52-27-19-35-57(43-52)75-65(80)60(64(79)73(69(75)84)54-30-13-5-14-31-54)40-47-22-17-25-50(38-47)51-26-18-34-56(42-51)76-67(82)61(49-23-9-3-10-24-49)66(81)74(70(76)85)55-32-15-6-16-33-55/h2-3,5,7-10,13-14,17,20-25,30-31,36-39,51-53,55-57,59-61H,4,6,11-12,15-16,18-19,26-29,32-35,40-44H2,1H3. The van der Waals surface area contributed by atoms with Crippen LogP contribution in [0.3, 0.4) is 0 Å². The zero-order valence-corrected chi connectivity index (χ0v) is 48.6. The van der Waals surface area contributed by atoms with Crippen molar-refractivity contribution in [3.8, 4) is 0 Å². The summed E-state index contributed by atoms with van der Waals surface area (Å²) in [7, 11) is 0. The third-order valence-electron chi connectivity index (χ3n) is 19.7. The monoisotopic (exact) mass is 1140 g/mol. The van der Waals surface area contributed by atoms with E-state index in [1.807, 2.05) is 97.9 Å². The van der Waals surface area contributed by atoms with E-state index in [1.165, 1.54) is 24.5 Å². The van der Waals surface area contributed by atoms with Gasteiger partial charge in [0.1, 0.15) is 17.8 Å². The number of aryl methyl sites for hydroxylation is 1. The Morgan fingerprint density at radius 3 is 1.48 bits per heavy atom. The molecule has 4 saturated carbocycles. The lowest BCUT2D eigenvalue weighted by atomic mass is 9.77. The molecule has 0 radical (unpaired) electrons. The number of nitrogens with zero attached hydrogens (tertiary/aromatic N) is 6. The van der Waals surface area contributed by atoms with E-state index in [2.05, 4.69) is 6.07 Å². The SMILES string of the molecule is Cc1ccc(CC2C(=O)N(Cc3ccccc3)C(=O)N(C3CCCCC3)C2=O)cc1C1CCCC(N2C(=O)C(Cc3cccc(C4CCCC(N5C(=O)C(c6ccccc6)C(=O)N(C6CCCCC6)C5=O)C4)c3)C(=O)N(c3ccccc3)C2=O)C1. The Morgan fingerprint density at radius 2 is 0.859 bits per heavy atom. The van der Waals surface area contributed by atoms with E-state index < -0.39 is 83.4 Å². The number of benzene rings is 5. The average molecular weight is 1150 g/mol. The number of hydrogen-bond donors (Lipinski definition) is 0. The van der Waals surface area contributed by atoms with Crippen molar-refractivity contribution in [3.05, 3.63) is 172 Å². The predicted octanol–water partition coefficient (Wildman–Crippen LogP) is 12.3. The number of barbiturate groups is 3. The molecule has 7 unspecified atom stereocenters. The van der Waals surface area contributed by atoms with Crippen LogP contribution >= 0.6 is 0 Å². The molecule has 440 valence electrons. The van der Waals surface area contributed by atoms with Gasteiger partial charge in [-0.25, -0.2) is 19.3 Å². The van der Waals surface area contributed by atoms with Crippen LogP contribution in [0.1, 0.15) is 172 Å². The molecular weight excluding hydrogens is 1070 g/mol. The maximum absolute atomic E-state index is 15.2. The summed E-state index contributed by atoms with van der Waals surface area (Å²) >= 11 is 0. The summed E-state index contributed by atoms with van der Waals surface area (Å²) < 4.78 is 0. The summed E-state index contributed by atoms with van der Waals surface area (Å²) in [4.78, 5) is 139. The van der Waals surface area contributed by atoms with Crippen LogP contribution in [-0.2, 0) is 48.2 Å². The first-order valence-corrected chi connectivity index (χ1v) is 31.3. The van der Waals surface area contributed by atoms with Crippen LogP contribution in [0, 0.1) is 18.8 Å². The lowest BCUT2D eigenvalue weighted by Crippen LogP contribution is -2.64. The van der Waals surface area contributed by atoms with Gasteiger partial charge < -0.3 is 0 Å². The van der Waals surface area contributed by atoms with Crippen molar-refractivity contribution in [1.82, 2.24) is 24.5 Å². The van der Waals surface area contributed by atoms with Crippen molar-refractivity contribution in [2.75, 3.05) is 4.90 Å². The quantitative estimate of drug-likeness (QED) is 0.0981. The molecule has 15 nitrogen and oxygen atoms in total. The van der Waals surface area contributed by atoms with E-state index in [0.29, 0.717) is 56.2 Å². The number of anilines is 1. The van der Waals surface area contributed by atoms with Gasteiger partial charge in [0, 0.05) is 24.2 Å². The highest BCUT2D eigenvalue weighted by Crippen LogP contribution is 2.43. The second-order valence-electron chi connectivity index (χ2n) is 25.0. The molecule has 0 N–H and O–H groups in total. The largest absolute Gasteiger partial charge is 0.338 e. The van der Waals surface area contributed by atoms with Crippen LogP contribution in [0.4, 0.5) is 20.1 Å². The van der Waals surface area contributed by atoms with Gasteiger partial charge in [-0.15, -0.1) is 0 Å². The number of hydrogen-bond acceptors (Lipinski definition) is 9. The third kappa shape index (κ3) is 11.4. The predicted molar refractivity (Wildman–Crippen MR) is 319 cm³/mol. The average Bonchev–Trinajstić information content (AvgIpc) is 3.72. The molecule has 12 rings (SSSR count). The second-order valence-corrected chi connectivity index (χ2v) is 25.0. The molecule has 4 aliphatic carbocycles. The number of amides is 12. The molecule has 12 amide bonds. The highest BCUT2D eigenvalue weighted by molar-refractivity contribution is 6.28. The molecule has 7 aliphatic rings. The van der Waals surface area contributed by atoms with Crippen molar-refractivity contribution in [1.29, 1.82) is 0 Å². The Morgan fingerprint density at radius 1 is 0.376 bits per heavy atom. The lowest BCUT2D eigenvalue weighted by molar-refractivity contribution is -0.152. The molecular formula is C70H76N6O9. The van der Waals surface area contributed by atoms with E-state index in [4.69, 9.17) is 0 Å². The van der Waals surface area contributed by atoms with Crippen molar-refractivity contribution in [2.24, 2.45) is 11.8 Å². The van der Waals surface area contributed by atoms with Gasteiger partial charge in [-0.2, -0.15) is 0 Å². The summed E-state index contributed by atoms with van der Waals surface area (Å²) in [6, 6.07) is 37.8. The summed E-state index contributed by atoms with van der Waals surface area (Å²) in [5.74, 6) is -6.58. The van der Waals surface area contributed by atoms with Crippen LogP contribution in [0.15, 0.2) is 133 Å². The lowest BCUT2D eigenvalue weighted by Gasteiger charge is -2.46. The number of imide groups is 6. The first kappa shape index (κ1) is 57.4. The van der Waals surface area contributed by atoms with Crippen molar-refractivity contribution in [3.63, 3.8) is 0 Å². The zero-order valence-electron chi connectivity index (χ0n) is 48.6. The van der Waals surface area contributed by atoms with E-state index >= 15 is 4.79 Å². The molecule has 5 aromatic carbocycles. The number of para-hydroxylation sites is 1. The van der Waals surface area contributed by atoms with Gasteiger partial charge in [-0.3, -0.25) is 53.3 Å². The van der Waals surface area contributed by atoms with Crippen LogP contribution in [0.5, 0.6) is 0 Å². The molecule has 5 aromatic rings. The Kier molecular flexibility index (Phi) is 16.8. The highest BCUT2D eigenvalue weighted by Gasteiger charge is 2.53. The molecule has 3 aliphatic heterocycles. The molecule has 0 aromatic heterocycles. The first-order valence-electron chi connectivity index (χ1n) is 31.3. The second kappa shape index (κ2) is 24.9. The molecule has 0 spiro atoms. The van der Waals surface area contributed by atoms with E-state index in [-0.39, 0.29) is 43.3 Å².